The number of benzene rings is 1. The fourth-order valence-corrected chi connectivity index (χ4v) is 1.66. The van der Waals surface area contributed by atoms with E-state index in [-0.39, 0.29) is 5.82 Å². The van der Waals surface area contributed by atoms with Gasteiger partial charge in [0.05, 0.1) is 11.0 Å². The molecule has 1 heterocycles. The van der Waals surface area contributed by atoms with Crippen LogP contribution in [0.1, 0.15) is 5.56 Å². The van der Waals surface area contributed by atoms with E-state index in [1.54, 1.807) is 13.0 Å². The molecule has 4 heteroatoms. The average Bonchev–Trinajstić information content (AvgIpc) is 2.30. The largest absolute Gasteiger partial charge is 0.333 e. The number of hydrogen-bond acceptors (Lipinski definition) is 1. The van der Waals surface area contributed by atoms with Crippen molar-refractivity contribution in [2.24, 2.45) is 0 Å². The molecule has 62 valence electrons. The van der Waals surface area contributed by atoms with Gasteiger partial charge >= 0.3 is 0 Å². The highest BCUT2D eigenvalue weighted by molar-refractivity contribution is 14.1. The number of halogens is 2. The standard InChI is InChI=1S/C8H6FIN2/c1-4-2-6-7(3-5(4)9)12-8(10)11-6/h2-3H,1H3,(H,11,12). The number of H-pyrrole nitrogens is 1. The van der Waals surface area contributed by atoms with E-state index in [0.717, 1.165) is 9.35 Å². The third-order valence-corrected chi connectivity index (χ3v) is 2.24. The smallest absolute Gasteiger partial charge is 0.169 e. The van der Waals surface area contributed by atoms with Crippen LogP contribution in [0.4, 0.5) is 4.39 Å². The third-order valence-electron chi connectivity index (χ3n) is 1.73. The molecule has 0 atom stereocenters. The number of aromatic nitrogens is 2. The van der Waals surface area contributed by atoms with Crippen molar-refractivity contribution in [3.63, 3.8) is 0 Å². The highest BCUT2D eigenvalue weighted by atomic mass is 127. The molecular weight excluding hydrogens is 270 g/mol. The van der Waals surface area contributed by atoms with Crippen LogP contribution in [0, 0.1) is 16.6 Å². The number of aromatic amines is 1. The third kappa shape index (κ3) is 1.20. The van der Waals surface area contributed by atoms with Crippen molar-refractivity contribution in [2.75, 3.05) is 0 Å². The van der Waals surface area contributed by atoms with Crippen LogP contribution in [0.15, 0.2) is 12.1 Å². The Morgan fingerprint density at radius 2 is 2.25 bits per heavy atom. The maximum absolute atomic E-state index is 13.0. The second kappa shape index (κ2) is 2.69. The lowest BCUT2D eigenvalue weighted by molar-refractivity contribution is 0.620. The van der Waals surface area contributed by atoms with E-state index in [0.29, 0.717) is 11.1 Å². The van der Waals surface area contributed by atoms with Gasteiger partial charge in [-0.2, -0.15) is 0 Å². The first-order chi connectivity index (χ1) is 5.66. The zero-order valence-electron chi connectivity index (χ0n) is 6.36. The maximum atomic E-state index is 13.0. The van der Waals surface area contributed by atoms with Crippen LogP contribution in [0.3, 0.4) is 0 Å². The Morgan fingerprint density at radius 3 is 3.00 bits per heavy atom. The number of aryl methyl sites for hydroxylation is 1. The van der Waals surface area contributed by atoms with Crippen molar-refractivity contribution in [3.05, 3.63) is 27.3 Å². The zero-order chi connectivity index (χ0) is 8.72. The molecular formula is C8H6FIN2. The van der Waals surface area contributed by atoms with Crippen LogP contribution in [-0.4, -0.2) is 9.97 Å². The van der Waals surface area contributed by atoms with Gasteiger partial charge in [-0.3, -0.25) is 0 Å². The minimum absolute atomic E-state index is 0.203. The van der Waals surface area contributed by atoms with Crippen LogP contribution in [0.25, 0.3) is 11.0 Å². The fraction of sp³-hybridized carbons (Fsp3) is 0.125. The average molecular weight is 276 g/mol. The minimum Gasteiger partial charge on any atom is -0.333 e. The van der Waals surface area contributed by atoms with Gasteiger partial charge in [0.2, 0.25) is 0 Å². The van der Waals surface area contributed by atoms with Crippen LogP contribution < -0.4 is 0 Å². The number of nitrogens with one attached hydrogen (secondary N) is 1. The highest BCUT2D eigenvalue weighted by Crippen LogP contribution is 2.17. The molecule has 0 unspecified atom stereocenters. The summed E-state index contributed by atoms with van der Waals surface area (Å²) in [6.45, 7) is 1.74. The van der Waals surface area contributed by atoms with Gasteiger partial charge in [0.15, 0.2) is 3.83 Å². The molecule has 0 radical (unpaired) electrons. The van der Waals surface area contributed by atoms with Crippen molar-refractivity contribution in [1.82, 2.24) is 9.97 Å². The zero-order valence-corrected chi connectivity index (χ0v) is 8.52. The predicted octanol–water partition coefficient (Wildman–Crippen LogP) is 2.62. The van der Waals surface area contributed by atoms with Crippen LogP contribution in [-0.2, 0) is 0 Å². The van der Waals surface area contributed by atoms with E-state index in [4.69, 9.17) is 0 Å². The Kier molecular flexibility index (Phi) is 1.79. The summed E-state index contributed by atoms with van der Waals surface area (Å²) in [7, 11) is 0. The molecule has 2 nitrogen and oxygen atoms in total. The maximum Gasteiger partial charge on any atom is 0.169 e. The topological polar surface area (TPSA) is 28.7 Å². The summed E-state index contributed by atoms with van der Waals surface area (Å²) in [5.74, 6) is -0.203. The van der Waals surface area contributed by atoms with E-state index in [2.05, 4.69) is 32.6 Å². The molecule has 0 saturated heterocycles. The summed E-state index contributed by atoms with van der Waals surface area (Å²) in [4.78, 5) is 7.14. The lowest BCUT2D eigenvalue weighted by Gasteiger charge is -1.93. The molecule has 0 amide bonds. The first-order valence-corrected chi connectivity index (χ1v) is 4.56. The van der Waals surface area contributed by atoms with Crippen molar-refractivity contribution in [2.45, 2.75) is 6.92 Å². The SMILES string of the molecule is Cc1cc2[nH]c(I)nc2cc1F. The second-order valence-electron chi connectivity index (χ2n) is 2.65. The van der Waals surface area contributed by atoms with Crippen molar-refractivity contribution in [3.8, 4) is 0 Å². The van der Waals surface area contributed by atoms with Gasteiger partial charge in [-0.05, 0) is 41.1 Å². The van der Waals surface area contributed by atoms with Crippen LogP contribution in [0.5, 0.6) is 0 Å². The summed E-state index contributed by atoms with van der Waals surface area (Å²) in [6, 6.07) is 3.21. The summed E-state index contributed by atoms with van der Waals surface area (Å²) >= 11 is 2.07. The number of fused-ring (bicyclic) bond motifs is 1. The molecule has 0 fully saturated rings. The van der Waals surface area contributed by atoms with Gasteiger partial charge in [-0.25, -0.2) is 9.37 Å². The Hall–Kier alpha value is -0.650. The number of rotatable bonds is 0. The Balaban J connectivity index is 2.83. The molecule has 0 aliphatic carbocycles. The number of nitrogens with zero attached hydrogens (tertiary/aromatic N) is 1. The van der Waals surface area contributed by atoms with E-state index >= 15 is 0 Å². The van der Waals surface area contributed by atoms with Gasteiger partial charge in [0.25, 0.3) is 0 Å². The van der Waals surface area contributed by atoms with Gasteiger partial charge in [0.1, 0.15) is 5.82 Å². The molecule has 1 aromatic carbocycles. The molecule has 1 aromatic heterocycles. The lowest BCUT2D eigenvalue weighted by atomic mass is 10.2. The van der Waals surface area contributed by atoms with Crippen molar-refractivity contribution >= 4 is 33.6 Å². The van der Waals surface area contributed by atoms with E-state index in [9.17, 15) is 4.39 Å². The van der Waals surface area contributed by atoms with Gasteiger partial charge < -0.3 is 4.98 Å². The van der Waals surface area contributed by atoms with Crippen molar-refractivity contribution in [1.29, 1.82) is 0 Å². The highest BCUT2D eigenvalue weighted by Gasteiger charge is 2.03. The predicted molar refractivity (Wildman–Crippen MR) is 53.5 cm³/mol. The van der Waals surface area contributed by atoms with Crippen LogP contribution >= 0.6 is 22.6 Å². The summed E-state index contributed by atoms with van der Waals surface area (Å²) < 4.78 is 13.8. The molecule has 0 aliphatic heterocycles. The molecule has 12 heavy (non-hydrogen) atoms. The number of hydrogen-bond donors (Lipinski definition) is 1. The first-order valence-electron chi connectivity index (χ1n) is 3.48. The van der Waals surface area contributed by atoms with Crippen molar-refractivity contribution < 1.29 is 4.39 Å². The van der Waals surface area contributed by atoms with Gasteiger partial charge in [-0.15, -0.1) is 0 Å². The second-order valence-corrected chi connectivity index (χ2v) is 3.67. The molecule has 0 aliphatic rings. The van der Waals surface area contributed by atoms with Gasteiger partial charge in [-0.1, -0.05) is 0 Å². The Bertz CT molecular complexity index is 397. The molecule has 2 rings (SSSR count). The number of imidazole rings is 1. The molecule has 0 saturated carbocycles. The van der Waals surface area contributed by atoms with E-state index < -0.39 is 0 Å². The summed E-state index contributed by atoms with van der Waals surface area (Å²) in [5, 5.41) is 0. The monoisotopic (exact) mass is 276 g/mol. The lowest BCUT2D eigenvalue weighted by Crippen LogP contribution is -1.81. The summed E-state index contributed by atoms with van der Waals surface area (Å²) in [5.41, 5.74) is 2.21. The Morgan fingerprint density at radius 1 is 1.50 bits per heavy atom. The van der Waals surface area contributed by atoms with Gasteiger partial charge in [0, 0.05) is 6.07 Å². The molecule has 0 spiro atoms. The normalized spacial score (nSPS) is 10.9. The van der Waals surface area contributed by atoms with E-state index in [1.807, 2.05) is 0 Å². The fourth-order valence-electron chi connectivity index (χ4n) is 1.11. The molecule has 0 bridgehead atoms. The molecule has 2 aromatic rings. The van der Waals surface area contributed by atoms with E-state index in [1.165, 1.54) is 6.07 Å². The molecule has 1 N–H and O–H groups in total. The van der Waals surface area contributed by atoms with Crippen LogP contribution in [0.2, 0.25) is 0 Å². The quantitative estimate of drug-likeness (QED) is 0.736. The first kappa shape index (κ1) is 7.97. The minimum atomic E-state index is -0.203. The Labute approximate surface area is 82.3 Å². The summed E-state index contributed by atoms with van der Waals surface area (Å²) in [6.07, 6.45) is 0.